The Labute approximate surface area is 88.0 Å². The molecule has 0 bridgehead atoms. The monoisotopic (exact) mass is 212 g/mol. The molecular formula is C10H13ClN2O. The number of allylic oxidation sites excluding steroid dienone is 1. The van der Waals surface area contributed by atoms with Crippen LogP contribution in [0.15, 0.2) is 23.3 Å². The number of nitrogens with zero attached hydrogens (tertiary/aromatic N) is 2. The Morgan fingerprint density at radius 2 is 2.29 bits per heavy atom. The predicted octanol–water partition coefficient (Wildman–Crippen LogP) is 1.66. The molecule has 0 unspecified atom stereocenters. The van der Waals surface area contributed by atoms with Crippen LogP contribution in [-0.2, 0) is 6.54 Å². The molecule has 1 heterocycles. The number of hydrogen-bond acceptors (Lipinski definition) is 2. The van der Waals surface area contributed by atoms with Gasteiger partial charge in [-0.3, -0.25) is 9.36 Å². The molecule has 0 aliphatic carbocycles. The molecule has 0 spiro atoms. The Balaban J connectivity index is 3.06. The third-order valence-electron chi connectivity index (χ3n) is 2.10. The van der Waals surface area contributed by atoms with E-state index in [1.165, 1.54) is 10.9 Å². The molecule has 0 N–H and O–H groups in total. The van der Waals surface area contributed by atoms with Gasteiger partial charge in [0.2, 0.25) is 0 Å². The molecule has 76 valence electrons. The number of aryl methyl sites for hydroxylation is 1. The van der Waals surface area contributed by atoms with Crippen molar-refractivity contribution in [2.45, 2.75) is 20.4 Å². The van der Waals surface area contributed by atoms with Crippen LogP contribution in [-0.4, -0.2) is 15.4 Å². The van der Waals surface area contributed by atoms with Crippen molar-refractivity contribution >= 4 is 11.6 Å². The lowest BCUT2D eigenvalue weighted by Crippen LogP contribution is -2.24. The highest BCUT2D eigenvalue weighted by Crippen LogP contribution is 1.99. The highest BCUT2D eigenvalue weighted by atomic mass is 35.5. The first-order valence-electron chi connectivity index (χ1n) is 4.31. The van der Waals surface area contributed by atoms with Crippen molar-refractivity contribution in [2.75, 3.05) is 5.88 Å². The minimum absolute atomic E-state index is 0.0243. The van der Waals surface area contributed by atoms with Crippen LogP contribution in [0.25, 0.3) is 0 Å². The van der Waals surface area contributed by atoms with Crippen molar-refractivity contribution in [3.05, 3.63) is 40.1 Å². The first-order valence-corrected chi connectivity index (χ1v) is 4.85. The van der Waals surface area contributed by atoms with E-state index in [9.17, 15) is 4.79 Å². The summed E-state index contributed by atoms with van der Waals surface area (Å²) in [5.74, 6) is 0.360. The van der Waals surface area contributed by atoms with Gasteiger partial charge in [-0.1, -0.05) is 6.58 Å². The van der Waals surface area contributed by atoms with Gasteiger partial charge in [-0.15, -0.1) is 11.6 Å². The van der Waals surface area contributed by atoms with Crippen LogP contribution in [0.1, 0.15) is 11.3 Å². The maximum absolute atomic E-state index is 11.7. The maximum Gasteiger partial charge on any atom is 0.256 e. The van der Waals surface area contributed by atoms with E-state index in [1.807, 2.05) is 6.92 Å². The zero-order chi connectivity index (χ0) is 10.7. The molecule has 0 saturated carbocycles. The number of rotatable bonds is 3. The Morgan fingerprint density at radius 3 is 2.86 bits per heavy atom. The van der Waals surface area contributed by atoms with Gasteiger partial charge in [-0.05, 0) is 19.4 Å². The van der Waals surface area contributed by atoms with Gasteiger partial charge in [0, 0.05) is 23.7 Å². The van der Waals surface area contributed by atoms with Gasteiger partial charge >= 0.3 is 0 Å². The Morgan fingerprint density at radius 1 is 1.64 bits per heavy atom. The third-order valence-corrected chi connectivity index (χ3v) is 2.48. The molecule has 1 rings (SSSR count). The van der Waals surface area contributed by atoms with E-state index in [1.54, 1.807) is 6.92 Å². The van der Waals surface area contributed by atoms with Gasteiger partial charge in [-0.25, -0.2) is 4.98 Å². The minimum atomic E-state index is -0.0243. The van der Waals surface area contributed by atoms with E-state index in [-0.39, 0.29) is 5.56 Å². The largest absolute Gasteiger partial charge is 0.295 e. The lowest BCUT2D eigenvalue weighted by Gasteiger charge is -2.07. The Hall–Kier alpha value is -1.09. The van der Waals surface area contributed by atoms with Crippen molar-refractivity contribution in [3.8, 4) is 0 Å². The summed E-state index contributed by atoms with van der Waals surface area (Å²) in [6.07, 6.45) is 1.53. The van der Waals surface area contributed by atoms with Crippen molar-refractivity contribution < 1.29 is 0 Å². The summed E-state index contributed by atoms with van der Waals surface area (Å²) in [5, 5.41) is 0. The fourth-order valence-electron chi connectivity index (χ4n) is 1.07. The molecule has 0 amide bonds. The summed E-state index contributed by atoms with van der Waals surface area (Å²) >= 11 is 5.59. The molecule has 0 atom stereocenters. The normalized spacial score (nSPS) is 10.2. The first-order chi connectivity index (χ1) is 6.56. The van der Waals surface area contributed by atoms with E-state index in [2.05, 4.69) is 11.6 Å². The Kier molecular flexibility index (Phi) is 3.47. The summed E-state index contributed by atoms with van der Waals surface area (Å²) in [4.78, 5) is 15.8. The highest BCUT2D eigenvalue weighted by Gasteiger charge is 2.04. The summed E-state index contributed by atoms with van der Waals surface area (Å²) in [6.45, 7) is 7.77. The van der Waals surface area contributed by atoms with Crippen molar-refractivity contribution in [1.29, 1.82) is 0 Å². The number of alkyl halides is 1. The van der Waals surface area contributed by atoms with Gasteiger partial charge in [-0.2, -0.15) is 0 Å². The molecule has 0 radical (unpaired) electrons. The number of hydrogen-bond donors (Lipinski definition) is 0. The van der Waals surface area contributed by atoms with Gasteiger partial charge in [0.05, 0.1) is 6.33 Å². The average Bonchev–Trinajstić information content (AvgIpc) is 2.19. The smallest absolute Gasteiger partial charge is 0.256 e. The molecule has 0 saturated heterocycles. The molecule has 14 heavy (non-hydrogen) atoms. The lowest BCUT2D eigenvalue weighted by molar-refractivity contribution is 0.714. The van der Waals surface area contributed by atoms with Crippen LogP contribution in [0.5, 0.6) is 0 Å². The van der Waals surface area contributed by atoms with Crippen LogP contribution in [0.4, 0.5) is 0 Å². The quantitative estimate of drug-likeness (QED) is 0.564. The van der Waals surface area contributed by atoms with Crippen LogP contribution in [0, 0.1) is 13.8 Å². The summed E-state index contributed by atoms with van der Waals surface area (Å²) in [7, 11) is 0. The average molecular weight is 213 g/mol. The van der Waals surface area contributed by atoms with E-state index >= 15 is 0 Å². The summed E-state index contributed by atoms with van der Waals surface area (Å²) < 4.78 is 1.52. The molecule has 3 nitrogen and oxygen atoms in total. The van der Waals surface area contributed by atoms with Crippen LogP contribution in [0.3, 0.4) is 0 Å². The number of aromatic nitrogens is 2. The second kappa shape index (κ2) is 4.42. The first kappa shape index (κ1) is 11.0. The molecule has 1 aromatic rings. The standard InChI is InChI=1S/C10H13ClN2O/c1-7(4-11)5-13-6-12-9(3)8(2)10(13)14/h6H,1,4-5H2,2-3H3. The second-order valence-electron chi connectivity index (χ2n) is 3.27. The second-order valence-corrected chi connectivity index (χ2v) is 3.54. The number of halogens is 1. The molecule has 0 aliphatic rings. The zero-order valence-corrected chi connectivity index (χ0v) is 9.14. The highest BCUT2D eigenvalue weighted by molar-refractivity contribution is 6.19. The van der Waals surface area contributed by atoms with Crippen molar-refractivity contribution in [3.63, 3.8) is 0 Å². The Bertz CT molecular complexity index is 409. The summed E-state index contributed by atoms with van der Waals surface area (Å²) in [5.41, 5.74) is 2.22. The van der Waals surface area contributed by atoms with Crippen LogP contribution in [0.2, 0.25) is 0 Å². The van der Waals surface area contributed by atoms with E-state index in [0.29, 0.717) is 18.0 Å². The van der Waals surface area contributed by atoms with Crippen LogP contribution < -0.4 is 5.56 Å². The topological polar surface area (TPSA) is 34.9 Å². The molecule has 0 aromatic carbocycles. The van der Waals surface area contributed by atoms with Gasteiger partial charge in [0.15, 0.2) is 0 Å². The van der Waals surface area contributed by atoms with Gasteiger partial charge in [0.1, 0.15) is 0 Å². The predicted molar refractivity (Wildman–Crippen MR) is 57.8 cm³/mol. The van der Waals surface area contributed by atoms with E-state index in [0.717, 1.165) is 11.3 Å². The van der Waals surface area contributed by atoms with Crippen LogP contribution >= 0.6 is 11.6 Å². The van der Waals surface area contributed by atoms with E-state index < -0.39 is 0 Å². The fraction of sp³-hybridized carbons (Fsp3) is 0.400. The molecule has 1 aromatic heterocycles. The van der Waals surface area contributed by atoms with Gasteiger partial charge in [0.25, 0.3) is 5.56 Å². The molecule has 0 fully saturated rings. The van der Waals surface area contributed by atoms with E-state index in [4.69, 9.17) is 11.6 Å². The third kappa shape index (κ3) is 2.23. The summed E-state index contributed by atoms with van der Waals surface area (Å²) in [6, 6.07) is 0. The van der Waals surface area contributed by atoms with Crippen molar-refractivity contribution in [1.82, 2.24) is 9.55 Å². The lowest BCUT2D eigenvalue weighted by atomic mass is 10.2. The molecule has 4 heteroatoms. The molecular weight excluding hydrogens is 200 g/mol. The van der Waals surface area contributed by atoms with Gasteiger partial charge < -0.3 is 0 Å². The SMILES string of the molecule is C=C(CCl)Cn1cnc(C)c(C)c1=O. The minimum Gasteiger partial charge on any atom is -0.295 e. The zero-order valence-electron chi connectivity index (χ0n) is 8.38. The molecule has 0 aliphatic heterocycles. The maximum atomic E-state index is 11.7. The fourth-order valence-corrected chi connectivity index (χ4v) is 1.16. The van der Waals surface area contributed by atoms with Crippen molar-refractivity contribution in [2.24, 2.45) is 0 Å².